The smallest absolute Gasteiger partial charge is 0.306 e. The molecule has 0 aromatic heterocycles. The number of hydrogen-bond donors (Lipinski definition) is 0. The third-order valence-electron chi connectivity index (χ3n) is 5.65. The number of carbonyl (C=O) groups excluding carboxylic acids is 1. The van der Waals surface area contributed by atoms with Gasteiger partial charge in [0.15, 0.2) is 6.29 Å². The molecule has 1 heterocycles. The first-order chi connectivity index (χ1) is 11.6. The van der Waals surface area contributed by atoms with Crippen LogP contribution in [0.2, 0.25) is 0 Å². The highest BCUT2D eigenvalue weighted by atomic mass is 16.7. The van der Waals surface area contributed by atoms with Gasteiger partial charge in [-0.05, 0) is 50.9 Å². The molecule has 0 bridgehead atoms. The second kappa shape index (κ2) is 9.76. The number of ether oxygens (including phenoxy) is 3. The summed E-state index contributed by atoms with van der Waals surface area (Å²) in [4.78, 5) is 11.6. The predicted octanol–water partition coefficient (Wildman–Crippen LogP) is 4.85. The molecule has 1 saturated heterocycles. The van der Waals surface area contributed by atoms with Crippen LogP contribution in [0.3, 0.4) is 0 Å². The Morgan fingerprint density at radius 2 is 1.71 bits per heavy atom. The molecule has 2 fully saturated rings. The van der Waals surface area contributed by atoms with Crippen molar-refractivity contribution in [1.82, 2.24) is 0 Å². The van der Waals surface area contributed by atoms with Gasteiger partial charge in [0.1, 0.15) is 6.10 Å². The Labute approximate surface area is 147 Å². The van der Waals surface area contributed by atoms with E-state index in [-0.39, 0.29) is 23.8 Å². The van der Waals surface area contributed by atoms with E-state index in [0.29, 0.717) is 12.3 Å². The van der Waals surface area contributed by atoms with Gasteiger partial charge in [0.2, 0.25) is 0 Å². The van der Waals surface area contributed by atoms with Crippen LogP contribution in [0.5, 0.6) is 0 Å². The van der Waals surface area contributed by atoms with E-state index in [1.165, 1.54) is 19.3 Å². The molecule has 2 aliphatic rings. The minimum atomic E-state index is -0.0357. The van der Waals surface area contributed by atoms with Crippen LogP contribution in [0.25, 0.3) is 0 Å². The fourth-order valence-electron chi connectivity index (χ4n) is 3.95. The van der Waals surface area contributed by atoms with Gasteiger partial charge in [0, 0.05) is 11.8 Å². The minimum absolute atomic E-state index is 0.00374. The summed E-state index contributed by atoms with van der Waals surface area (Å²) in [6.07, 6.45) is 10.4. The van der Waals surface area contributed by atoms with E-state index in [4.69, 9.17) is 14.2 Å². The Hall–Kier alpha value is -0.610. The Morgan fingerprint density at radius 3 is 2.29 bits per heavy atom. The molecule has 2 rings (SSSR count). The van der Waals surface area contributed by atoms with E-state index in [1.807, 2.05) is 6.92 Å². The maximum atomic E-state index is 11.6. The zero-order valence-corrected chi connectivity index (χ0v) is 15.9. The molecule has 1 aliphatic heterocycles. The van der Waals surface area contributed by atoms with Crippen molar-refractivity contribution in [1.29, 1.82) is 0 Å². The lowest BCUT2D eigenvalue weighted by Crippen LogP contribution is -2.46. The maximum absolute atomic E-state index is 11.6. The SMILES string of the molecule is CCCCCC1OCC(C)(C2CCC(OC(=O)CCC)CC2)CO1. The largest absolute Gasteiger partial charge is 0.462 e. The summed E-state index contributed by atoms with van der Waals surface area (Å²) in [6.45, 7) is 8.12. The first-order valence-corrected chi connectivity index (χ1v) is 10.00. The molecule has 0 spiro atoms. The molecule has 1 saturated carbocycles. The number of hydrogen-bond acceptors (Lipinski definition) is 4. The van der Waals surface area contributed by atoms with Crippen molar-refractivity contribution in [2.45, 2.75) is 97.4 Å². The van der Waals surface area contributed by atoms with Crippen LogP contribution in [0.1, 0.15) is 85.0 Å². The van der Waals surface area contributed by atoms with Crippen molar-refractivity contribution < 1.29 is 19.0 Å². The molecule has 0 N–H and O–H groups in total. The zero-order chi connectivity index (χ0) is 17.4. The summed E-state index contributed by atoms with van der Waals surface area (Å²) in [5, 5.41) is 0. The first kappa shape index (κ1) is 19.7. The first-order valence-electron chi connectivity index (χ1n) is 10.00. The topological polar surface area (TPSA) is 44.8 Å². The summed E-state index contributed by atoms with van der Waals surface area (Å²) < 4.78 is 17.6. The van der Waals surface area contributed by atoms with Crippen molar-refractivity contribution >= 4 is 5.97 Å². The molecular formula is C20H36O4. The number of esters is 1. The van der Waals surface area contributed by atoms with Crippen molar-refractivity contribution in [2.24, 2.45) is 11.3 Å². The summed E-state index contributed by atoms with van der Waals surface area (Å²) in [5.41, 5.74) is 0.111. The monoisotopic (exact) mass is 340 g/mol. The Kier molecular flexibility index (Phi) is 8.02. The molecule has 140 valence electrons. The molecule has 0 unspecified atom stereocenters. The highest BCUT2D eigenvalue weighted by Gasteiger charge is 2.41. The number of rotatable bonds is 8. The Balaban J connectivity index is 1.71. The van der Waals surface area contributed by atoms with Gasteiger partial charge >= 0.3 is 5.97 Å². The molecule has 1 aliphatic carbocycles. The molecule has 4 nitrogen and oxygen atoms in total. The van der Waals surface area contributed by atoms with E-state index < -0.39 is 0 Å². The molecule has 24 heavy (non-hydrogen) atoms. The van der Waals surface area contributed by atoms with Crippen molar-refractivity contribution in [2.75, 3.05) is 13.2 Å². The third-order valence-corrected chi connectivity index (χ3v) is 5.65. The Bertz CT molecular complexity index is 366. The third kappa shape index (κ3) is 5.73. The fraction of sp³-hybridized carbons (Fsp3) is 0.950. The van der Waals surface area contributed by atoms with E-state index in [9.17, 15) is 4.79 Å². The molecule has 0 atom stereocenters. The van der Waals surface area contributed by atoms with E-state index in [0.717, 1.165) is 51.7 Å². The van der Waals surface area contributed by atoms with Crippen LogP contribution in [0, 0.1) is 11.3 Å². The van der Waals surface area contributed by atoms with E-state index >= 15 is 0 Å². The quantitative estimate of drug-likeness (QED) is 0.468. The standard InChI is InChI=1S/C20H36O4/c1-4-6-7-9-19-22-14-20(3,15-23-19)16-10-12-17(13-11-16)24-18(21)8-5-2/h16-17,19H,4-15H2,1-3H3. The molecule has 0 amide bonds. The average molecular weight is 341 g/mol. The predicted molar refractivity (Wildman–Crippen MR) is 94.7 cm³/mol. The zero-order valence-electron chi connectivity index (χ0n) is 15.9. The second-order valence-electron chi connectivity index (χ2n) is 7.91. The van der Waals surface area contributed by atoms with Gasteiger partial charge in [-0.3, -0.25) is 4.79 Å². The van der Waals surface area contributed by atoms with Gasteiger partial charge in [0.05, 0.1) is 13.2 Å². The molecule has 4 heteroatoms. The van der Waals surface area contributed by atoms with Crippen molar-refractivity contribution in [3.8, 4) is 0 Å². The summed E-state index contributed by atoms with van der Waals surface area (Å²) in [6, 6.07) is 0. The number of carbonyl (C=O) groups is 1. The second-order valence-corrected chi connectivity index (χ2v) is 7.91. The lowest BCUT2D eigenvalue weighted by molar-refractivity contribution is -0.242. The van der Waals surface area contributed by atoms with Gasteiger partial charge in [-0.1, -0.05) is 33.6 Å². The lowest BCUT2D eigenvalue weighted by Gasteiger charge is -2.45. The highest BCUT2D eigenvalue weighted by molar-refractivity contribution is 5.69. The summed E-state index contributed by atoms with van der Waals surface area (Å²) >= 11 is 0. The van der Waals surface area contributed by atoms with Crippen LogP contribution in [-0.4, -0.2) is 31.6 Å². The number of unbranched alkanes of at least 4 members (excludes halogenated alkanes) is 2. The van der Waals surface area contributed by atoms with Gasteiger partial charge in [-0.2, -0.15) is 0 Å². The molecule has 0 aromatic carbocycles. The van der Waals surface area contributed by atoms with E-state index in [1.54, 1.807) is 0 Å². The summed E-state index contributed by atoms with van der Waals surface area (Å²) in [7, 11) is 0. The van der Waals surface area contributed by atoms with Gasteiger partial charge in [-0.25, -0.2) is 0 Å². The molecule has 0 radical (unpaired) electrons. The highest BCUT2D eigenvalue weighted by Crippen LogP contribution is 2.42. The van der Waals surface area contributed by atoms with Crippen molar-refractivity contribution in [3.05, 3.63) is 0 Å². The van der Waals surface area contributed by atoms with Crippen LogP contribution in [0.15, 0.2) is 0 Å². The van der Waals surface area contributed by atoms with Crippen LogP contribution < -0.4 is 0 Å². The van der Waals surface area contributed by atoms with Gasteiger partial charge in [-0.15, -0.1) is 0 Å². The molecule has 0 aromatic rings. The lowest BCUT2D eigenvalue weighted by atomic mass is 9.70. The van der Waals surface area contributed by atoms with Gasteiger partial charge < -0.3 is 14.2 Å². The maximum Gasteiger partial charge on any atom is 0.306 e. The minimum Gasteiger partial charge on any atom is -0.462 e. The normalized spacial score (nSPS) is 34.0. The Morgan fingerprint density at radius 1 is 1.04 bits per heavy atom. The summed E-state index contributed by atoms with van der Waals surface area (Å²) in [5.74, 6) is 0.571. The van der Waals surface area contributed by atoms with Crippen molar-refractivity contribution in [3.63, 3.8) is 0 Å². The van der Waals surface area contributed by atoms with Crippen LogP contribution in [0.4, 0.5) is 0 Å². The van der Waals surface area contributed by atoms with Gasteiger partial charge in [0.25, 0.3) is 0 Å². The van der Waals surface area contributed by atoms with Crippen LogP contribution >= 0.6 is 0 Å². The fourth-order valence-corrected chi connectivity index (χ4v) is 3.95. The molecular weight excluding hydrogens is 304 g/mol. The van der Waals surface area contributed by atoms with E-state index in [2.05, 4.69) is 13.8 Å². The average Bonchev–Trinajstić information content (AvgIpc) is 2.58. The van der Waals surface area contributed by atoms with Crippen LogP contribution in [-0.2, 0) is 19.0 Å².